The van der Waals surface area contributed by atoms with Crippen molar-refractivity contribution < 1.29 is 27.8 Å². The van der Waals surface area contributed by atoms with Gasteiger partial charge in [-0.2, -0.15) is 8.78 Å². The van der Waals surface area contributed by atoms with Gasteiger partial charge in [0.15, 0.2) is 11.6 Å². The molecule has 0 saturated carbocycles. The summed E-state index contributed by atoms with van der Waals surface area (Å²) in [4.78, 5) is 22.3. The summed E-state index contributed by atoms with van der Waals surface area (Å²) in [6, 6.07) is 4.60. The third-order valence-corrected chi connectivity index (χ3v) is 6.03. The van der Waals surface area contributed by atoms with Crippen molar-refractivity contribution in [3.05, 3.63) is 30.1 Å². The predicted octanol–water partition coefficient (Wildman–Crippen LogP) is 2.89. The minimum Gasteiger partial charge on any atom is -0.491 e. The van der Waals surface area contributed by atoms with Crippen molar-refractivity contribution >= 4 is 28.4 Å². The fourth-order valence-corrected chi connectivity index (χ4v) is 4.44. The van der Waals surface area contributed by atoms with E-state index in [4.69, 9.17) is 19.3 Å². The topological polar surface area (TPSA) is 104 Å². The van der Waals surface area contributed by atoms with E-state index in [9.17, 15) is 13.6 Å². The molecule has 2 bridgehead atoms. The highest BCUT2D eigenvalue weighted by atomic mass is 19.3. The molecule has 2 saturated heterocycles. The Morgan fingerprint density at radius 2 is 2.14 bits per heavy atom. The number of alkyl halides is 2. The molecule has 1 amide bonds. The van der Waals surface area contributed by atoms with Gasteiger partial charge in [-0.1, -0.05) is 0 Å². The number of fused-ring (bicyclic) bond motifs is 3. The lowest BCUT2D eigenvalue weighted by molar-refractivity contribution is -0.114. The Labute approximate surface area is 200 Å². The highest BCUT2D eigenvalue weighted by Crippen LogP contribution is 2.38. The van der Waals surface area contributed by atoms with E-state index in [1.54, 1.807) is 18.3 Å². The van der Waals surface area contributed by atoms with Gasteiger partial charge in [-0.15, -0.1) is 5.10 Å². The monoisotopic (exact) mass is 488 g/mol. The molecule has 0 radical (unpaired) electrons. The summed E-state index contributed by atoms with van der Waals surface area (Å²) in [5.41, 5.74) is 0.117. The van der Waals surface area contributed by atoms with Crippen molar-refractivity contribution in [2.75, 3.05) is 43.7 Å². The lowest BCUT2D eigenvalue weighted by Gasteiger charge is -2.26. The number of morpholine rings is 1. The van der Waals surface area contributed by atoms with Gasteiger partial charge >= 0.3 is 0 Å². The molecule has 186 valence electrons. The highest BCUT2D eigenvalue weighted by Gasteiger charge is 2.41. The summed E-state index contributed by atoms with van der Waals surface area (Å²) in [6.45, 7) is 3.93. The molecule has 2 fully saturated rings. The normalized spacial score (nSPS) is 19.5. The average Bonchev–Trinajstić information content (AvgIpc) is 3.52. The molecule has 10 nitrogen and oxygen atoms in total. The molecular weight excluding hydrogens is 462 g/mol. The minimum absolute atomic E-state index is 0.132. The van der Waals surface area contributed by atoms with E-state index in [0.717, 1.165) is 13.3 Å². The van der Waals surface area contributed by atoms with Crippen LogP contribution in [0.1, 0.15) is 26.0 Å². The van der Waals surface area contributed by atoms with Crippen LogP contribution in [0, 0.1) is 0 Å². The Morgan fingerprint density at radius 3 is 2.80 bits per heavy atom. The number of ether oxygens (including phenoxy) is 3. The molecule has 2 aliphatic rings. The Hall–Kier alpha value is -3.38. The smallest absolute Gasteiger partial charge is 0.287 e. The third-order valence-electron chi connectivity index (χ3n) is 6.03. The van der Waals surface area contributed by atoms with Gasteiger partial charge < -0.3 is 24.4 Å². The van der Waals surface area contributed by atoms with Crippen molar-refractivity contribution in [3.8, 4) is 11.6 Å². The summed E-state index contributed by atoms with van der Waals surface area (Å²) in [5.74, 6) is -2.12. The first-order valence-electron chi connectivity index (χ1n) is 11.3. The van der Waals surface area contributed by atoms with E-state index < -0.39 is 11.6 Å². The van der Waals surface area contributed by atoms with Gasteiger partial charge in [-0.25, -0.2) is 14.6 Å². The SMILES string of the molecule is COCCOc1cc(-n2nc(N3CC4CC3CO4)c3cnc(NC(C)=O)cc32)nc(C(C)(F)F)c1. The number of halogens is 2. The number of carbonyl (C=O) groups is 1. The van der Waals surface area contributed by atoms with Crippen LogP contribution in [0.4, 0.5) is 20.4 Å². The number of carbonyl (C=O) groups excluding carboxylic acids is 1. The second kappa shape index (κ2) is 9.00. The first-order valence-corrected chi connectivity index (χ1v) is 11.3. The number of anilines is 2. The Bertz CT molecular complexity index is 1260. The summed E-state index contributed by atoms with van der Waals surface area (Å²) < 4.78 is 46.5. The van der Waals surface area contributed by atoms with Gasteiger partial charge in [0, 0.05) is 51.9 Å². The maximum atomic E-state index is 14.3. The lowest BCUT2D eigenvalue weighted by Crippen LogP contribution is -2.37. The molecule has 5 rings (SSSR count). The Kier molecular flexibility index (Phi) is 6.01. The fourth-order valence-electron chi connectivity index (χ4n) is 4.44. The molecule has 3 aromatic heterocycles. The molecule has 5 heterocycles. The number of nitrogens with zero attached hydrogens (tertiary/aromatic N) is 5. The number of nitrogens with one attached hydrogen (secondary N) is 1. The number of amides is 1. The van der Waals surface area contributed by atoms with Gasteiger partial charge in [0.1, 0.15) is 23.9 Å². The standard InChI is InChI=1S/C23H26F2N6O4/c1-13(32)27-20-9-18-17(10-26-20)22(30-11-16-6-14(30)12-35-16)29-31(18)21-8-15(34-5-4-33-3)7-19(28-21)23(2,24)25/h7-10,14,16H,4-6,11-12H2,1-3H3,(H,26,27,32). The molecule has 2 atom stereocenters. The van der Waals surface area contributed by atoms with E-state index in [1.165, 1.54) is 24.8 Å². The summed E-state index contributed by atoms with van der Waals surface area (Å²) in [5, 5.41) is 8.16. The maximum Gasteiger partial charge on any atom is 0.287 e. The van der Waals surface area contributed by atoms with Crippen molar-refractivity contribution in [3.63, 3.8) is 0 Å². The van der Waals surface area contributed by atoms with Crippen LogP contribution >= 0.6 is 0 Å². The number of hydrogen-bond donors (Lipinski definition) is 1. The van der Waals surface area contributed by atoms with Crippen molar-refractivity contribution in [2.45, 2.75) is 38.3 Å². The average molecular weight is 488 g/mol. The first kappa shape index (κ1) is 23.4. The van der Waals surface area contributed by atoms with E-state index >= 15 is 0 Å². The van der Waals surface area contributed by atoms with Gasteiger partial charge in [-0.3, -0.25) is 4.79 Å². The molecule has 12 heteroatoms. The molecule has 0 aliphatic carbocycles. The zero-order valence-electron chi connectivity index (χ0n) is 19.6. The minimum atomic E-state index is -3.20. The van der Waals surface area contributed by atoms with Crippen LogP contribution in [0.5, 0.6) is 5.75 Å². The predicted molar refractivity (Wildman–Crippen MR) is 123 cm³/mol. The van der Waals surface area contributed by atoms with Crippen LogP contribution in [0.25, 0.3) is 16.7 Å². The second-order valence-electron chi connectivity index (χ2n) is 8.78. The molecule has 35 heavy (non-hydrogen) atoms. The van der Waals surface area contributed by atoms with Crippen molar-refractivity contribution in [1.29, 1.82) is 0 Å². The number of aromatic nitrogens is 4. The van der Waals surface area contributed by atoms with Gasteiger partial charge in [0.25, 0.3) is 5.92 Å². The van der Waals surface area contributed by atoms with Crippen LogP contribution in [-0.2, 0) is 20.2 Å². The van der Waals surface area contributed by atoms with E-state index in [-0.39, 0.29) is 36.2 Å². The van der Waals surface area contributed by atoms with Gasteiger partial charge in [-0.05, 0) is 6.42 Å². The van der Waals surface area contributed by atoms with Crippen LogP contribution in [0.2, 0.25) is 0 Å². The third kappa shape index (κ3) is 4.63. The summed E-state index contributed by atoms with van der Waals surface area (Å²) in [7, 11) is 1.53. The molecule has 2 unspecified atom stereocenters. The van der Waals surface area contributed by atoms with Crippen LogP contribution in [0.15, 0.2) is 24.4 Å². The number of rotatable bonds is 8. The molecule has 3 aromatic rings. The van der Waals surface area contributed by atoms with E-state index in [1.807, 2.05) is 0 Å². The van der Waals surface area contributed by atoms with Crippen LogP contribution in [-0.4, -0.2) is 71.3 Å². The molecule has 0 spiro atoms. The van der Waals surface area contributed by atoms with Crippen LogP contribution in [0.3, 0.4) is 0 Å². The molecule has 2 aliphatic heterocycles. The molecule has 1 N–H and O–H groups in total. The molecule has 0 aromatic carbocycles. The number of pyridine rings is 2. The van der Waals surface area contributed by atoms with Crippen molar-refractivity contribution in [1.82, 2.24) is 19.7 Å². The first-order chi connectivity index (χ1) is 16.7. The highest BCUT2D eigenvalue weighted by molar-refractivity contribution is 5.95. The van der Waals surface area contributed by atoms with Crippen LogP contribution < -0.4 is 15.0 Å². The van der Waals surface area contributed by atoms with Gasteiger partial charge in [0.2, 0.25) is 5.91 Å². The Morgan fingerprint density at radius 1 is 1.31 bits per heavy atom. The lowest BCUT2D eigenvalue weighted by atomic mass is 10.2. The quantitative estimate of drug-likeness (QED) is 0.483. The Balaban J connectivity index is 1.65. The maximum absolute atomic E-state index is 14.3. The summed E-state index contributed by atoms with van der Waals surface area (Å²) in [6.07, 6.45) is 2.66. The van der Waals surface area contributed by atoms with E-state index in [0.29, 0.717) is 42.3 Å². The number of methoxy groups -OCH3 is 1. The largest absolute Gasteiger partial charge is 0.491 e. The fraction of sp³-hybridized carbons (Fsp3) is 0.478. The molecular formula is C23H26F2N6O4. The van der Waals surface area contributed by atoms with Gasteiger partial charge in [0.05, 0.1) is 36.3 Å². The zero-order chi connectivity index (χ0) is 24.7. The second-order valence-corrected chi connectivity index (χ2v) is 8.78. The van der Waals surface area contributed by atoms with E-state index in [2.05, 4.69) is 20.2 Å². The van der Waals surface area contributed by atoms with Crippen molar-refractivity contribution in [2.24, 2.45) is 0 Å². The zero-order valence-corrected chi connectivity index (χ0v) is 19.6. The summed E-state index contributed by atoms with van der Waals surface area (Å²) >= 11 is 0. The number of hydrogen-bond acceptors (Lipinski definition) is 8.